The van der Waals surface area contributed by atoms with Crippen molar-refractivity contribution in [2.75, 3.05) is 6.61 Å². The maximum Gasteiger partial charge on any atom is 0.125 e. The number of aryl methyl sites for hydroxylation is 1. The van der Waals surface area contributed by atoms with E-state index in [2.05, 4.69) is 0 Å². The van der Waals surface area contributed by atoms with E-state index in [0.717, 1.165) is 17.1 Å². The third kappa shape index (κ3) is 2.95. The van der Waals surface area contributed by atoms with Crippen LogP contribution in [0.2, 0.25) is 0 Å². The van der Waals surface area contributed by atoms with Gasteiger partial charge in [-0.15, -0.1) is 0 Å². The Morgan fingerprint density at radius 2 is 2.00 bits per heavy atom. The van der Waals surface area contributed by atoms with Gasteiger partial charge in [-0.1, -0.05) is 6.07 Å². The molecule has 2 nitrogen and oxygen atoms in total. The van der Waals surface area contributed by atoms with Crippen LogP contribution in [0.4, 0.5) is 0 Å². The van der Waals surface area contributed by atoms with Gasteiger partial charge >= 0.3 is 0 Å². The molecule has 0 aliphatic rings. The number of hydrogen-bond donors (Lipinski definition) is 0. The molecule has 0 radical (unpaired) electrons. The Hall–Kier alpha value is -1.18. The fourth-order valence-corrected chi connectivity index (χ4v) is 1.24. The average molecular weight is 194 g/mol. The van der Waals surface area contributed by atoms with Crippen LogP contribution >= 0.6 is 0 Å². The van der Waals surface area contributed by atoms with E-state index in [0.29, 0.717) is 6.61 Å². The fraction of sp³-hybridized carbons (Fsp3) is 0.500. The van der Waals surface area contributed by atoms with Crippen LogP contribution in [-0.2, 0) is 0 Å². The van der Waals surface area contributed by atoms with Crippen molar-refractivity contribution < 1.29 is 9.47 Å². The van der Waals surface area contributed by atoms with Crippen molar-refractivity contribution >= 4 is 0 Å². The first-order chi connectivity index (χ1) is 6.63. The molecule has 0 saturated carbocycles. The van der Waals surface area contributed by atoms with E-state index in [1.165, 1.54) is 0 Å². The van der Waals surface area contributed by atoms with Gasteiger partial charge in [-0.2, -0.15) is 0 Å². The summed E-state index contributed by atoms with van der Waals surface area (Å²) >= 11 is 0. The van der Waals surface area contributed by atoms with Crippen molar-refractivity contribution in [1.82, 2.24) is 0 Å². The Labute approximate surface area is 85.8 Å². The Kier molecular flexibility index (Phi) is 3.81. The van der Waals surface area contributed by atoms with Crippen molar-refractivity contribution in [3.63, 3.8) is 0 Å². The Bertz CT molecular complexity index is 292. The molecular weight excluding hydrogens is 176 g/mol. The molecule has 0 aliphatic carbocycles. The molecular formula is C12H18O2. The highest BCUT2D eigenvalue weighted by Crippen LogP contribution is 2.24. The summed E-state index contributed by atoms with van der Waals surface area (Å²) in [6.45, 7) is 8.73. The maximum absolute atomic E-state index is 5.58. The van der Waals surface area contributed by atoms with E-state index in [4.69, 9.17) is 9.47 Å². The Morgan fingerprint density at radius 3 is 2.57 bits per heavy atom. The first-order valence-corrected chi connectivity index (χ1v) is 5.03. The highest BCUT2D eigenvalue weighted by Gasteiger charge is 2.02. The van der Waals surface area contributed by atoms with Crippen molar-refractivity contribution in [2.45, 2.75) is 33.8 Å². The van der Waals surface area contributed by atoms with E-state index in [1.54, 1.807) is 0 Å². The van der Waals surface area contributed by atoms with Crippen LogP contribution in [0.15, 0.2) is 18.2 Å². The van der Waals surface area contributed by atoms with E-state index in [1.807, 2.05) is 45.9 Å². The molecule has 0 aromatic heterocycles. The predicted molar refractivity (Wildman–Crippen MR) is 58.1 cm³/mol. The molecule has 0 N–H and O–H groups in total. The highest BCUT2D eigenvalue weighted by molar-refractivity contribution is 5.39. The minimum absolute atomic E-state index is 0.201. The summed E-state index contributed by atoms with van der Waals surface area (Å²) in [5.41, 5.74) is 1.14. The normalized spacial score (nSPS) is 10.4. The summed E-state index contributed by atoms with van der Waals surface area (Å²) < 4.78 is 11.1. The zero-order valence-corrected chi connectivity index (χ0v) is 9.33. The van der Waals surface area contributed by atoms with Gasteiger partial charge in [0.1, 0.15) is 11.5 Å². The SMILES string of the molecule is CCOc1cc(OC(C)C)ccc1C. The molecule has 78 valence electrons. The van der Waals surface area contributed by atoms with Crippen LogP contribution < -0.4 is 9.47 Å². The van der Waals surface area contributed by atoms with Gasteiger partial charge in [0.2, 0.25) is 0 Å². The van der Waals surface area contributed by atoms with E-state index in [-0.39, 0.29) is 6.10 Å². The molecule has 1 rings (SSSR count). The van der Waals surface area contributed by atoms with Crippen LogP contribution in [0.25, 0.3) is 0 Å². The second-order valence-electron chi connectivity index (χ2n) is 3.53. The summed E-state index contributed by atoms with van der Waals surface area (Å²) in [6.07, 6.45) is 0.201. The molecule has 0 bridgehead atoms. The molecule has 0 aliphatic heterocycles. The van der Waals surface area contributed by atoms with Crippen LogP contribution in [0, 0.1) is 6.92 Å². The number of benzene rings is 1. The van der Waals surface area contributed by atoms with Gasteiger partial charge in [0.25, 0.3) is 0 Å². The summed E-state index contributed by atoms with van der Waals surface area (Å²) in [7, 11) is 0. The van der Waals surface area contributed by atoms with Gasteiger partial charge in [-0.3, -0.25) is 0 Å². The van der Waals surface area contributed by atoms with Crippen molar-refractivity contribution in [2.24, 2.45) is 0 Å². The Balaban J connectivity index is 2.83. The molecule has 0 heterocycles. The van der Waals surface area contributed by atoms with Crippen molar-refractivity contribution in [3.05, 3.63) is 23.8 Å². The molecule has 2 heteroatoms. The average Bonchev–Trinajstić information content (AvgIpc) is 2.10. The predicted octanol–water partition coefficient (Wildman–Crippen LogP) is 3.18. The van der Waals surface area contributed by atoms with Gasteiger partial charge in [0.05, 0.1) is 12.7 Å². The summed E-state index contributed by atoms with van der Waals surface area (Å²) in [4.78, 5) is 0. The summed E-state index contributed by atoms with van der Waals surface area (Å²) in [5.74, 6) is 1.78. The van der Waals surface area contributed by atoms with Gasteiger partial charge in [0, 0.05) is 6.07 Å². The van der Waals surface area contributed by atoms with Gasteiger partial charge in [0.15, 0.2) is 0 Å². The summed E-state index contributed by atoms with van der Waals surface area (Å²) in [5, 5.41) is 0. The quantitative estimate of drug-likeness (QED) is 0.733. The van der Waals surface area contributed by atoms with E-state index < -0.39 is 0 Å². The van der Waals surface area contributed by atoms with Crippen LogP contribution in [0.1, 0.15) is 26.3 Å². The molecule has 1 aromatic carbocycles. The minimum atomic E-state index is 0.201. The molecule has 1 aromatic rings. The second kappa shape index (κ2) is 4.89. The lowest BCUT2D eigenvalue weighted by molar-refractivity contribution is 0.240. The monoisotopic (exact) mass is 194 g/mol. The van der Waals surface area contributed by atoms with Crippen molar-refractivity contribution in [3.8, 4) is 11.5 Å². The fourth-order valence-electron chi connectivity index (χ4n) is 1.24. The number of ether oxygens (including phenoxy) is 2. The second-order valence-corrected chi connectivity index (χ2v) is 3.53. The molecule has 14 heavy (non-hydrogen) atoms. The topological polar surface area (TPSA) is 18.5 Å². The maximum atomic E-state index is 5.58. The van der Waals surface area contributed by atoms with E-state index >= 15 is 0 Å². The number of hydrogen-bond acceptors (Lipinski definition) is 2. The first kappa shape index (κ1) is 10.9. The van der Waals surface area contributed by atoms with Gasteiger partial charge < -0.3 is 9.47 Å². The van der Waals surface area contributed by atoms with Crippen LogP contribution in [0.3, 0.4) is 0 Å². The highest BCUT2D eigenvalue weighted by atomic mass is 16.5. The smallest absolute Gasteiger partial charge is 0.125 e. The molecule has 0 atom stereocenters. The third-order valence-electron chi connectivity index (χ3n) is 1.83. The lowest BCUT2D eigenvalue weighted by Gasteiger charge is -2.12. The lowest BCUT2D eigenvalue weighted by Crippen LogP contribution is -2.05. The van der Waals surface area contributed by atoms with Crippen LogP contribution in [-0.4, -0.2) is 12.7 Å². The molecule has 0 fully saturated rings. The lowest BCUT2D eigenvalue weighted by atomic mass is 10.2. The minimum Gasteiger partial charge on any atom is -0.493 e. The zero-order chi connectivity index (χ0) is 10.6. The van der Waals surface area contributed by atoms with E-state index in [9.17, 15) is 0 Å². The zero-order valence-electron chi connectivity index (χ0n) is 9.33. The first-order valence-electron chi connectivity index (χ1n) is 5.03. The summed E-state index contributed by atoms with van der Waals surface area (Å²) in [6, 6.07) is 5.93. The Morgan fingerprint density at radius 1 is 1.29 bits per heavy atom. The molecule has 0 saturated heterocycles. The standard InChI is InChI=1S/C12H18O2/c1-5-13-12-8-11(14-9(2)3)7-6-10(12)4/h6-9H,5H2,1-4H3. The van der Waals surface area contributed by atoms with Gasteiger partial charge in [-0.05, 0) is 39.3 Å². The van der Waals surface area contributed by atoms with Crippen LogP contribution in [0.5, 0.6) is 11.5 Å². The molecule has 0 spiro atoms. The van der Waals surface area contributed by atoms with Gasteiger partial charge in [-0.25, -0.2) is 0 Å². The number of rotatable bonds is 4. The molecule has 0 amide bonds. The largest absolute Gasteiger partial charge is 0.493 e. The molecule has 0 unspecified atom stereocenters. The third-order valence-corrected chi connectivity index (χ3v) is 1.83. The van der Waals surface area contributed by atoms with Crippen molar-refractivity contribution in [1.29, 1.82) is 0 Å².